The Morgan fingerprint density at radius 3 is 2.26 bits per heavy atom. The van der Waals surface area contributed by atoms with Crippen LogP contribution in [0.5, 0.6) is 0 Å². The largest absolute Gasteiger partial charge is 0.424 e. The van der Waals surface area contributed by atoms with E-state index in [1.807, 2.05) is 6.92 Å². The van der Waals surface area contributed by atoms with Gasteiger partial charge in [0.15, 0.2) is 0 Å². The van der Waals surface area contributed by atoms with Crippen LogP contribution in [0.15, 0.2) is 4.42 Å². The molecule has 9 heteroatoms. The van der Waals surface area contributed by atoms with Gasteiger partial charge in [-0.05, 0) is 38.8 Å². The van der Waals surface area contributed by atoms with Crippen molar-refractivity contribution in [1.29, 1.82) is 0 Å². The van der Waals surface area contributed by atoms with Crippen molar-refractivity contribution in [3.05, 3.63) is 23.4 Å². The quantitative estimate of drug-likeness (QED) is 0.821. The van der Waals surface area contributed by atoms with Crippen molar-refractivity contribution < 1.29 is 9.52 Å². The first kappa shape index (κ1) is 18.5. The lowest BCUT2D eigenvalue weighted by atomic mass is 9.96. The molecule has 9 nitrogen and oxygen atoms in total. The third kappa shape index (κ3) is 4.36. The third-order valence-corrected chi connectivity index (χ3v) is 5.80. The number of rotatable bonds is 5. The van der Waals surface area contributed by atoms with Crippen molar-refractivity contribution in [2.75, 3.05) is 26.2 Å². The molecular weight excluding hydrogens is 346 g/mol. The Labute approximate surface area is 159 Å². The second kappa shape index (κ2) is 8.04. The normalized spacial score (nSPS) is 21.1. The lowest BCUT2D eigenvalue weighted by molar-refractivity contribution is 0.0775. The van der Waals surface area contributed by atoms with Crippen molar-refractivity contribution >= 4 is 0 Å². The zero-order valence-corrected chi connectivity index (χ0v) is 16.2. The van der Waals surface area contributed by atoms with E-state index < -0.39 is 0 Å². The van der Waals surface area contributed by atoms with E-state index in [-0.39, 0.29) is 6.10 Å². The average molecular weight is 375 g/mol. The molecule has 0 aliphatic carbocycles. The van der Waals surface area contributed by atoms with Crippen LogP contribution < -0.4 is 0 Å². The summed E-state index contributed by atoms with van der Waals surface area (Å²) >= 11 is 0. The second-order valence-electron chi connectivity index (χ2n) is 7.81. The highest BCUT2D eigenvalue weighted by atomic mass is 16.4. The molecule has 0 spiro atoms. The molecule has 0 saturated carbocycles. The van der Waals surface area contributed by atoms with Gasteiger partial charge in [-0.2, -0.15) is 0 Å². The van der Waals surface area contributed by atoms with Gasteiger partial charge in [0.25, 0.3) is 0 Å². The maximum Gasteiger partial charge on any atom is 0.230 e. The summed E-state index contributed by atoms with van der Waals surface area (Å²) in [5.41, 5.74) is 0. The van der Waals surface area contributed by atoms with Crippen molar-refractivity contribution in [2.24, 2.45) is 7.05 Å². The fourth-order valence-corrected chi connectivity index (χ4v) is 4.09. The van der Waals surface area contributed by atoms with Gasteiger partial charge in [-0.1, -0.05) is 0 Å². The lowest BCUT2D eigenvalue weighted by Crippen LogP contribution is -2.36. The van der Waals surface area contributed by atoms with E-state index in [0.717, 1.165) is 76.6 Å². The van der Waals surface area contributed by atoms with Gasteiger partial charge in [0, 0.05) is 33.0 Å². The molecule has 2 aliphatic heterocycles. The van der Waals surface area contributed by atoms with Gasteiger partial charge < -0.3 is 14.1 Å². The minimum atomic E-state index is -0.141. The summed E-state index contributed by atoms with van der Waals surface area (Å²) in [4.78, 5) is 4.72. The Morgan fingerprint density at radius 1 is 0.926 bits per heavy atom. The van der Waals surface area contributed by atoms with Crippen LogP contribution in [0.2, 0.25) is 0 Å². The van der Waals surface area contributed by atoms with Crippen molar-refractivity contribution in [3.8, 4) is 0 Å². The Hall–Kier alpha value is -1.84. The van der Waals surface area contributed by atoms with Crippen LogP contribution in [0, 0.1) is 6.92 Å². The average Bonchev–Trinajstić information content (AvgIpc) is 3.24. The van der Waals surface area contributed by atoms with Crippen LogP contribution in [0.4, 0.5) is 0 Å². The second-order valence-corrected chi connectivity index (χ2v) is 7.81. The van der Waals surface area contributed by atoms with Gasteiger partial charge >= 0.3 is 0 Å². The number of piperidine rings is 2. The predicted molar refractivity (Wildman–Crippen MR) is 97.8 cm³/mol. The monoisotopic (exact) mass is 375 g/mol. The fourth-order valence-electron chi connectivity index (χ4n) is 4.09. The van der Waals surface area contributed by atoms with E-state index in [9.17, 15) is 5.11 Å². The van der Waals surface area contributed by atoms with Crippen molar-refractivity contribution in [3.63, 3.8) is 0 Å². The third-order valence-electron chi connectivity index (χ3n) is 5.80. The van der Waals surface area contributed by atoms with E-state index >= 15 is 0 Å². The van der Waals surface area contributed by atoms with Crippen LogP contribution in [0.3, 0.4) is 0 Å². The summed E-state index contributed by atoms with van der Waals surface area (Å²) in [5, 5.41) is 26.6. The molecule has 4 rings (SSSR count). The Balaban J connectivity index is 1.31. The molecule has 148 valence electrons. The van der Waals surface area contributed by atoms with Gasteiger partial charge in [0.1, 0.15) is 11.6 Å². The SMILES string of the molecule is Cc1nnc(CN2CCC(c3nnc(CN4CCC(O)CC4)n3C)CC2)o1. The Morgan fingerprint density at radius 2 is 1.59 bits per heavy atom. The molecule has 0 atom stereocenters. The van der Waals surface area contributed by atoms with Crippen molar-refractivity contribution in [1.82, 2.24) is 34.8 Å². The molecule has 1 N–H and O–H groups in total. The van der Waals surface area contributed by atoms with Crippen LogP contribution >= 0.6 is 0 Å². The van der Waals surface area contributed by atoms with Crippen molar-refractivity contribution in [2.45, 2.75) is 57.7 Å². The molecule has 2 aromatic rings. The number of hydrogen-bond donors (Lipinski definition) is 1. The number of hydrogen-bond acceptors (Lipinski definition) is 8. The summed E-state index contributed by atoms with van der Waals surface area (Å²) in [5.74, 6) is 3.87. The molecule has 27 heavy (non-hydrogen) atoms. The summed E-state index contributed by atoms with van der Waals surface area (Å²) in [6, 6.07) is 0. The van der Waals surface area contributed by atoms with Gasteiger partial charge in [0.05, 0.1) is 19.2 Å². The highest BCUT2D eigenvalue weighted by Gasteiger charge is 2.27. The summed E-state index contributed by atoms with van der Waals surface area (Å²) < 4.78 is 7.66. The smallest absolute Gasteiger partial charge is 0.230 e. The molecule has 0 bridgehead atoms. The van der Waals surface area contributed by atoms with E-state index in [1.54, 1.807) is 0 Å². The topological polar surface area (TPSA) is 96.3 Å². The molecule has 0 aromatic carbocycles. The first-order valence-corrected chi connectivity index (χ1v) is 9.88. The fraction of sp³-hybridized carbons (Fsp3) is 0.778. The molecule has 0 amide bonds. The molecule has 2 aliphatic rings. The Kier molecular flexibility index (Phi) is 5.51. The highest BCUT2D eigenvalue weighted by Crippen LogP contribution is 2.27. The molecule has 0 unspecified atom stereocenters. The van der Waals surface area contributed by atoms with Gasteiger partial charge in [-0.25, -0.2) is 0 Å². The minimum Gasteiger partial charge on any atom is -0.424 e. The van der Waals surface area contributed by atoms with Gasteiger partial charge in [-0.3, -0.25) is 9.80 Å². The Bertz CT molecular complexity index is 743. The highest BCUT2D eigenvalue weighted by molar-refractivity contribution is 5.03. The molecule has 2 fully saturated rings. The summed E-state index contributed by atoms with van der Waals surface area (Å²) in [6.07, 6.45) is 3.69. The molecule has 2 saturated heterocycles. The summed E-state index contributed by atoms with van der Waals surface area (Å²) in [6.45, 7) is 7.20. The first-order valence-electron chi connectivity index (χ1n) is 9.88. The van der Waals surface area contributed by atoms with Crippen LogP contribution in [-0.2, 0) is 20.1 Å². The first-order chi connectivity index (χ1) is 13.1. The van der Waals surface area contributed by atoms with E-state index in [0.29, 0.717) is 17.7 Å². The minimum absolute atomic E-state index is 0.141. The number of aliphatic hydroxyl groups is 1. The maximum atomic E-state index is 9.66. The van der Waals surface area contributed by atoms with Gasteiger partial charge in [-0.15, -0.1) is 20.4 Å². The maximum absolute atomic E-state index is 9.66. The zero-order valence-electron chi connectivity index (χ0n) is 16.2. The number of nitrogens with zero attached hydrogens (tertiary/aromatic N) is 7. The zero-order chi connectivity index (χ0) is 18.8. The summed E-state index contributed by atoms with van der Waals surface area (Å²) in [7, 11) is 2.08. The standard InChI is InChI=1S/C18H29N7O2/c1-13-19-21-17(27-13)12-25-7-3-14(4-8-25)18-22-20-16(23(18)2)11-24-9-5-15(26)6-10-24/h14-15,26H,3-12H2,1-2H3. The van der Waals surface area contributed by atoms with E-state index in [2.05, 4.69) is 41.8 Å². The molecule has 0 radical (unpaired) electrons. The van der Waals surface area contributed by atoms with E-state index in [4.69, 9.17) is 4.42 Å². The molecular formula is C18H29N7O2. The van der Waals surface area contributed by atoms with Gasteiger partial charge in [0.2, 0.25) is 11.8 Å². The molecule has 2 aromatic heterocycles. The number of likely N-dealkylation sites (tertiary alicyclic amines) is 2. The number of aromatic nitrogens is 5. The van der Waals surface area contributed by atoms with Crippen LogP contribution in [-0.4, -0.2) is 72.2 Å². The lowest BCUT2D eigenvalue weighted by Gasteiger charge is -2.30. The van der Waals surface area contributed by atoms with E-state index in [1.165, 1.54) is 0 Å². The number of aliphatic hydroxyl groups excluding tert-OH is 1. The van der Waals surface area contributed by atoms with Crippen LogP contribution in [0.1, 0.15) is 55.0 Å². The van der Waals surface area contributed by atoms with Crippen LogP contribution in [0.25, 0.3) is 0 Å². The molecule has 4 heterocycles. The predicted octanol–water partition coefficient (Wildman–Crippen LogP) is 0.843. The number of aryl methyl sites for hydroxylation is 1.